The van der Waals surface area contributed by atoms with Gasteiger partial charge in [0.05, 0.1) is 18.3 Å². The summed E-state index contributed by atoms with van der Waals surface area (Å²) in [7, 11) is 0. The van der Waals surface area contributed by atoms with Crippen LogP contribution in [0.2, 0.25) is 0 Å². The zero-order valence-electron chi connectivity index (χ0n) is 25.9. The summed E-state index contributed by atoms with van der Waals surface area (Å²) in [6, 6.07) is 0. The van der Waals surface area contributed by atoms with E-state index >= 15 is 0 Å². The third kappa shape index (κ3) is 14.6. The average Bonchev–Trinajstić information content (AvgIpc) is 2.85. The second kappa shape index (κ2) is 18.6. The number of carboxylic acid groups (broad SMARTS) is 1. The van der Waals surface area contributed by atoms with Crippen molar-refractivity contribution in [3.8, 4) is 0 Å². The Morgan fingerprint density at radius 2 is 1.68 bits per heavy atom. The quantitative estimate of drug-likeness (QED) is 0.100. The molecule has 7 heteroatoms. The summed E-state index contributed by atoms with van der Waals surface area (Å²) >= 11 is 0. The van der Waals surface area contributed by atoms with Crippen LogP contribution in [-0.4, -0.2) is 56.8 Å². The molecule has 1 aliphatic rings. The number of ether oxygens (including phenoxy) is 1. The molecule has 0 spiro atoms. The van der Waals surface area contributed by atoms with Crippen molar-refractivity contribution >= 4 is 11.9 Å². The Balaban J connectivity index is 3.07. The molecule has 0 amide bonds. The number of carbonyl (C=O) groups excluding carboxylic acids is 1. The van der Waals surface area contributed by atoms with Crippen molar-refractivity contribution in [2.45, 2.75) is 111 Å². The predicted molar refractivity (Wildman–Crippen MR) is 164 cm³/mol. The minimum Gasteiger partial charge on any atom is -0.478 e. The molecule has 0 saturated heterocycles. The zero-order valence-corrected chi connectivity index (χ0v) is 25.9. The van der Waals surface area contributed by atoms with E-state index in [1.165, 1.54) is 6.08 Å². The summed E-state index contributed by atoms with van der Waals surface area (Å²) in [5.74, 6) is -1.06. The predicted octanol–water partition coefficient (Wildman–Crippen LogP) is 6.23. The van der Waals surface area contributed by atoms with Crippen molar-refractivity contribution in [2.75, 3.05) is 0 Å². The molecule has 0 aromatic carbocycles. The fourth-order valence-corrected chi connectivity index (χ4v) is 4.90. The lowest BCUT2D eigenvalue weighted by Gasteiger charge is -2.26. The highest BCUT2D eigenvalue weighted by atomic mass is 16.5. The number of rotatable bonds is 11. The Morgan fingerprint density at radius 3 is 2.29 bits per heavy atom. The molecule has 0 aliphatic carbocycles. The lowest BCUT2D eigenvalue weighted by Crippen LogP contribution is -2.27. The van der Waals surface area contributed by atoms with E-state index in [1.807, 2.05) is 58.9 Å². The molecule has 4 N–H and O–H groups in total. The van der Waals surface area contributed by atoms with Crippen LogP contribution in [0.25, 0.3) is 0 Å². The molecule has 0 bridgehead atoms. The van der Waals surface area contributed by atoms with Gasteiger partial charge in [0.2, 0.25) is 0 Å². The molecule has 1 aliphatic heterocycles. The molecule has 41 heavy (non-hydrogen) atoms. The minimum atomic E-state index is -1.07. The molecule has 1 rings (SSSR count). The third-order valence-corrected chi connectivity index (χ3v) is 7.27. The van der Waals surface area contributed by atoms with Crippen LogP contribution in [0.15, 0.2) is 70.9 Å². The Morgan fingerprint density at radius 1 is 1.02 bits per heavy atom. The minimum absolute atomic E-state index is 0.0885. The van der Waals surface area contributed by atoms with E-state index in [0.717, 1.165) is 23.1 Å². The number of esters is 1. The number of aliphatic hydroxyl groups excluding tert-OH is 3. The summed E-state index contributed by atoms with van der Waals surface area (Å²) in [5.41, 5.74) is 2.83. The molecule has 230 valence electrons. The van der Waals surface area contributed by atoms with Gasteiger partial charge in [0.1, 0.15) is 6.10 Å². The van der Waals surface area contributed by atoms with E-state index < -0.39 is 24.3 Å². The molecule has 0 unspecified atom stereocenters. The van der Waals surface area contributed by atoms with E-state index in [9.17, 15) is 30.0 Å². The highest BCUT2D eigenvalue weighted by Crippen LogP contribution is 2.31. The fourth-order valence-electron chi connectivity index (χ4n) is 4.90. The first-order valence-corrected chi connectivity index (χ1v) is 14.8. The Kier molecular flexibility index (Phi) is 16.5. The van der Waals surface area contributed by atoms with Crippen molar-refractivity contribution < 1.29 is 34.8 Å². The number of carboxylic acids is 1. The first kappa shape index (κ1) is 36.3. The van der Waals surface area contributed by atoms with E-state index in [1.54, 1.807) is 19.1 Å². The van der Waals surface area contributed by atoms with E-state index in [0.29, 0.717) is 24.8 Å². The van der Waals surface area contributed by atoms with Gasteiger partial charge in [-0.05, 0) is 70.8 Å². The van der Waals surface area contributed by atoms with Crippen molar-refractivity contribution in [2.24, 2.45) is 17.8 Å². The Bertz CT molecular complexity index is 1030. The number of hydrogen-bond donors (Lipinski definition) is 4. The van der Waals surface area contributed by atoms with Gasteiger partial charge >= 0.3 is 11.9 Å². The van der Waals surface area contributed by atoms with Gasteiger partial charge in [-0.2, -0.15) is 0 Å². The SMILES string of the molecule is CC(=CC=CC(C)=C[C@H](O)[C@H](O)C[C@H](C)O)C=C(C)C=C(C(=O)O)[C@H]1CCCC(=O)O[C@@H](C(C)C)CC=CC[C@@H]1C. The molecule has 0 saturated carbocycles. The van der Waals surface area contributed by atoms with Crippen LogP contribution in [0.1, 0.15) is 87.0 Å². The molecular formula is C34H52O7. The Labute approximate surface area is 246 Å². The van der Waals surface area contributed by atoms with Gasteiger partial charge in [0, 0.05) is 24.8 Å². The molecule has 0 aromatic heterocycles. The molecule has 1 heterocycles. The zero-order chi connectivity index (χ0) is 31.1. The standard InChI is InChI=1S/C34H52O7/c1-22(2)32-16-9-8-14-26(6)28(15-11-17-33(38)41-32)29(34(39)40)19-25(5)18-23(3)12-10-13-24(4)20-30(36)31(37)21-27(7)35/h8-10,12-13,18-20,22,26-28,30-32,35-37H,11,14-17,21H2,1-7H3,(H,39,40)/t26-,27-,28-,30-,31+,32+/m0/s1. The smallest absolute Gasteiger partial charge is 0.331 e. The van der Waals surface area contributed by atoms with Crippen LogP contribution in [0.3, 0.4) is 0 Å². The second-order valence-corrected chi connectivity index (χ2v) is 11.8. The fraction of sp³-hybridized carbons (Fsp3) is 0.588. The van der Waals surface area contributed by atoms with Crippen molar-refractivity contribution in [1.82, 2.24) is 0 Å². The van der Waals surface area contributed by atoms with Crippen molar-refractivity contribution in [3.05, 3.63) is 70.9 Å². The normalized spacial score (nSPS) is 25.0. The molecule has 0 fully saturated rings. The van der Waals surface area contributed by atoms with Crippen LogP contribution >= 0.6 is 0 Å². The first-order chi connectivity index (χ1) is 19.2. The summed E-state index contributed by atoms with van der Waals surface area (Å²) in [4.78, 5) is 24.8. The van der Waals surface area contributed by atoms with Crippen LogP contribution in [0.4, 0.5) is 0 Å². The summed E-state index contributed by atoms with van der Waals surface area (Å²) in [5, 5.41) is 39.5. The average molecular weight is 573 g/mol. The molecule has 7 nitrogen and oxygen atoms in total. The number of aliphatic hydroxyl groups is 3. The van der Waals surface area contributed by atoms with Gasteiger partial charge < -0.3 is 25.2 Å². The topological polar surface area (TPSA) is 124 Å². The van der Waals surface area contributed by atoms with Crippen LogP contribution < -0.4 is 0 Å². The van der Waals surface area contributed by atoms with Crippen LogP contribution in [0.5, 0.6) is 0 Å². The second-order valence-electron chi connectivity index (χ2n) is 11.8. The lowest BCUT2D eigenvalue weighted by atomic mass is 9.80. The van der Waals surface area contributed by atoms with Gasteiger partial charge in [0.15, 0.2) is 0 Å². The molecular weight excluding hydrogens is 520 g/mol. The maximum Gasteiger partial charge on any atom is 0.331 e. The van der Waals surface area contributed by atoms with Gasteiger partial charge in [-0.15, -0.1) is 0 Å². The van der Waals surface area contributed by atoms with Gasteiger partial charge in [0.25, 0.3) is 0 Å². The number of aliphatic carboxylic acids is 1. The summed E-state index contributed by atoms with van der Waals surface area (Å²) in [6.07, 6.45) is 14.8. The van der Waals surface area contributed by atoms with E-state index in [-0.39, 0.29) is 42.7 Å². The van der Waals surface area contributed by atoms with Crippen molar-refractivity contribution in [3.63, 3.8) is 0 Å². The van der Waals surface area contributed by atoms with E-state index in [2.05, 4.69) is 13.0 Å². The van der Waals surface area contributed by atoms with Gasteiger partial charge in [-0.1, -0.05) is 80.0 Å². The first-order valence-electron chi connectivity index (χ1n) is 14.8. The number of carbonyl (C=O) groups is 2. The maximum absolute atomic E-state index is 12.4. The van der Waals surface area contributed by atoms with Crippen LogP contribution in [-0.2, 0) is 14.3 Å². The summed E-state index contributed by atoms with van der Waals surface area (Å²) in [6.45, 7) is 13.3. The Hall–Kier alpha value is -2.74. The highest BCUT2D eigenvalue weighted by Gasteiger charge is 2.27. The summed E-state index contributed by atoms with van der Waals surface area (Å²) < 4.78 is 5.67. The lowest BCUT2D eigenvalue weighted by molar-refractivity contribution is -0.151. The van der Waals surface area contributed by atoms with Gasteiger partial charge in [-0.3, -0.25) is 4.79 Å². The molecule has 0 radical (unpaired) electrons. The van der Waals surface area contributed by atoms with E-state index in [4.69, 9.17) is 4.74 Å². The largest absolute Gasteiger partial charge is 0.478 e. The monoisotopic (exact) mass is 572 g/mol. The van der Waals surface area contributed by atoms with Gasteiger partial charge in [-0.25, -0.2) is 4.79 Å². The number of allylic oxidation sites excluding steroid dienone is 9. The number of hydrogen-bond acceptors (Lipinski definition) is 6. The third-order valence-electron chi connectivity index (χ3n) is 7.27. The van der Waals surface area contributed by atoms with Crippen molar-refractivity contribution in [1.29, 1.82) is 0 Å². The highest BCUT2D eigenvalue weighted by molar-refractivity contribution is 5.88. The number of cyclic esters (lactones) is 1. The molecule has 0 aromatic rings. The maximum atomic E-state index is 12.4. The molecule has 6 atom stereocenters. The van der Waals surface area contributed by atoms with Crippen LogP contribution in [0, 0.1) is 17.8 Å².